The van der Waals surface area contributed by atoms with Gasteiger partial charge in [-0.3, -0.25) is 10.4 Å². The minimum Gasteiger partial charge on any atom is -0.465 e. The standard InChI is InChI=1S/C14H22N4O4/c1-14(2,3)16-13(21)22-9-5-4-8(6-9)10-7-11(18-17-10)15-12(19)20/h7-9H,4-6H2,1-3H3,(H,16,21)(H,19,20)(H2,15,17,18)/t8-,9+/m0/s1. The molecule has 1 heterocycles. The number of H-pyrrole nitrogens is 1. The van der Waals surface area contributed by atoms with Gasteiger partial charge in [0.1, 0.15) is 6.10 Å². The summed E-state index contributed by atoms with van der Waals surface area (Å²) in [7, 11) is 0. The molecule has 4 N–H and O–H groups in total. The van der Waals surface area contributed by atoms with Crippen molar-refractivity contribution < 1.29 is 19.4 Å². The van der Waals surface area contributed by atoms with Crippen LogP contribution in [0.5, 0.6) is 0 Å². The minimum atomic E-state index is -1.15. The summed E-state index contributed by atoms with van der Waals surface area (Å²) in [4.78, 5) is 22.3. The van der Waals surface area contributed by atoms with Gasteiger partial charge in [-0.05, 0) is 40.0 Å². The Morgan fingerprint density at radius 3 is 2.77 bits per heavy atom. The van der Waals surface area contributed by atoms with Crippen LogP contribution in [0.3, 0.4) is 0 Å². The lowest BCUT2D eigenvalue weighted by Gasteiger charge is -2.22. The number of amides is 2. The SMILES string of the molecule is CC(C)(C)NC(=O)O[C@@H]1CC[C@H](c2cc(NC(=O)O)n[nH]2)C1. The second-order valence-corrected chi connectivity index (χ2v) is 6.55. The molecule has 122 valence electrons. The van der Waals surface area contributed by atoms with E-state index in [2.05, 4.69) is 20.8 Å². The molecule has 2 rings (SSSR count). The molecule has 2 atom stereocenters. The number of nitrogens with zero attached hydrogens (tertiary/aromatic N) is 1. The zero-order chi connectivity index (χ0) is 16.3. The third kappa shape index (κ3) is 4.64. The molecule has 1 aromatic heterocycles. The molecule has 1 aromatic rings. The highest BCUT2D eigenvalue weighted by Crippen LogP contribution is 2.35. The molecule has 22 heavy (non-hydrogen) atoms. The smallest absolute Gasteiger partial charge is 0.410 e. The number of aromatic amines is 1. The van der Waals surface area contributed by atoms with Crippen LogP contribution < -0.4 is 10.6 Å². The summed E-state index contributed by atoms with van der Waals surface area (Å²) in [5.74, 6) is 0.460. The lowest BCUT2D eigenvalue weighted by molar-refractivity contribution is 0.0936. The van der Waals surface area contributed by atoms with E-state index in [1.165, 1.54) is 0 Å². The second-order valence-electron chi connectivity index (χ2n) is 6.55. The van der Waals surface area contributed by atoms with Gasteiger partial charge in [0.05, 0.1) is 0 Å². The molecule has 0 aliphatic heterocycles. The van der Waals surface area contributed by atoms with Crippen molar-refractivity contribution in [3.05, 3.63) is 11.8 Å². The predicted molar refractivity (Wildman–Crippen MR) is 80.0 cm³/mol. The van der Waals surface area contributed by atoms with Gasteiger partial charge in [0.25, 0.3) is 0 Å². The molecule has 8 nitrogen and oxygen atoms in total. The molecule has 1 fully saturated rings. The topological polar surface area (TPSA) is 116 Å². The molecular weight excluding hydrogens is 288 g/mol. The van der Waals surface area contributed by atoms with Crippen molar-refractivity contribution in [2.24, 2.45) is 0 Å². The minimum absolute atomic E-state index is 0.133. The number of carbonyl (C=O) groups excluding carboxylic acids is 1. The molecule has 0 bridgehead atoms. The van der Waals surface area contributed by atoms with Crippen LogP contribution >= 0.6 is 0 Å². The van der Waals surface area contributed by atoms with Crippen LogP contribution in [0.4, 0.5) is 15.4 Å². The van der Waals surface area contributed by atoms with Crippen LogP contribution in [0.25, 0.3) is 0 Å². The highest BCUT2D eigenvalue weighted by atomic mass is 16.6. The van der Waals surface area contributed by atoms with E-state index in [4.69, 9.17) is 9.84 Å². The summed E-state index contributed by atoms with van der Waals surface area (Å²) in [5, 5.41) is 20.3. The average molecular weight is 310 g/mol. The van der Waals surface area contributed by atoms with Crippen molar-refractivity contribution in [2.75, 3.05) is 5.32 Å². The maximum absolute atomic E-state index is 11.8. The van der Waals surface area contributed by atoms with Gasteiger partial charge >= 0.3 is 12.2 Å². The Labute approximate surface area is 128 Å². The Kier molecular flexibility index (Phi) is 4.58. The van der Waals surface area contributed by atoms with Gasteiger partial charge in [-0.25, -0.2) is 9.59 Å². The Hall–Kier alpha value is -2.25. The van der Waals surface area contributed by atoms with E-state index in [0.717, 1.165) is 18.5 Å². The fourth-order valence-electron chi connectivity index (χ4n) is 2.54. The zero-order valence-corrected chi connectivity index (χ0v) is 13.0. The molecule has 1 aliphatic carbocycles. The van der Waals surface area contributed by atoms with Crippen LogP contribution in [-0.2, 0) is 4.74 Å². The van der Waals surface area contributed by atoms with E-state index in [9.17, 15) is 9.59 Å². The normalized spacial score (nSPS) is 21.4. The second kappa shape index (κ2) is 6.25. The number of alkyl carbamates (subject to hydrolysis) is 1. The largest absolute Gasteiger partial charge is 0.465 e. The average Bonchev–Trinajstić information content (AvgIpc) is 2.94. The van der Waals surface area contributed by atoms with Crippen molar-refractivity contribution in [3.63, 3.8) is 0 Å². The maximum atomic E-state index is 11.8. The quantitative estimate of drug-likeness (QED) is 0.685. The lowest BCUT2D eigenvalue weighted by Crippen LogP contribution is -2.42. The van der Waals surface area contributed by atoms with Gasteiger partial charge in [0, 0.05) is 23.2 Å². The highest BCUT2D eigenvalue weighted by Gasteiger charge is 2.30. The van der Waals surface area contributed by atoms with Crippen molar-refractivity contribution in [2.45, 2.75) is 57.6 Å². The highest BCUT2D eigenvalue weighted by molar-refractivity contribution is 5.81. The first-order valence-electron chi connectivity index (χ1n) is 7.27. The van der Waals surface area contributed by atoms with E-state index < -0.39 is 12.2 Å². The van der Waals surface area contributed by atoms with Gasteiger partial charge in [0.15, 0.2) is 5.82 Å². The summed E-state index contributed by atoms with van der Waals surface area (Å²) in [5.41, 5.74) is 0.529. The van der Waals surface area contributed by atoms with Crippen LogP contribution in [-0.4, -0.2) is 39.1 Å². The van der Waals surface area contributed by atoms with Crippen molar-refractivity contribution in [3.8, 4) is 0 Å². The van der Waals surface area contributed by atoms with Gasteiger partial charge in [-0.2, -0.15) is 5.10 Å². The third-order valence-electron chi connectivity index (χ3n) is 3.41. The number of hydrogen-bond donors (Lipinski definition) is 4. The summed E-state index contributed by atoms with van der Waals surface area (Å²) >= 11 is 0. The molecular formula is C14H22N4O4. The van der Waals surface area contributed by atoms with Crippen LogP contribution in [0.2, 0.25) is 0 Å². The lowest BCUT2D eigenvalue weighted by atomic mass is 10.0. The molecule has 0 saturated heterocycles. The molecule has 2 amide bonds. The summed E-state index contributed by atoms with van der Waals surface area (Å²) in [6.45, 7) is 5.69. The molecule has 1 aliphatic rings. The van der Waals surface area contributed by atoms with Crippen LogP contribution in [0.1, 0.15) is 51.6 Å². The van der Waals surface area contributed by atoms with Crippen molar-refractivity contribution in [1.29, 1.82) is 0 Å². The first kappa shape index (κ1) is 16.1. The Bertz CT molecular complexity index is 549. The number of carbonyl (C=O) groups is 2. The summed E-state index contributed by atoms with van der Waals surface area (Å²) in [6.07, 6.45) is 0.657. The molecule has 8 heteroatoms. The fourth-order valence-corrected chi connectivity index (χ4v) is 2.54. The number of nitrogens with one attached hydrogen (secondary N) is 3. The number of hydrogen-bond acceptors (Lipinski definition) is 4. The van der Waals surface area contributed by atoms with E-state index in [-0.39, 0.29) is 23.4 Å². The van der Waals surface area contributed by atoms with E-state index in [0.29, 0.717) is 6.42 Å². The Morgan fingerprint density at radius 1 is 1.41 bits per heavy atom. The fraction of sp³-hybridized carbons (Fsp3) is 0.643. The molecule has 1 saturated carbocycles. The predicted octanol–water partition coefficient (Wildman–Crippen LogP) is 2.66. The number of ether oxygens (including phenoxy) is 1. The number of anilines is 1. The number of rotatable bonds is 3. The van der Waals surface area contributed by atoms with Gasteiger partial charge in [-0.1, -0.05) is 0 Å². The Morgan fingerprint density at radius 2 is 2.14 bits per heavy atom. The monoisotopic (exact) mass is 310 g/mol. The van der Waals surface area contributed by atoms with Crippen molar-refractivity contribution in [1.82, 2.24) is 15.5 Å². The third-order valence-corrected chi connectivity index (χ3v) is 3.41. The van der Waals surface area contributed by atoms with E-state index >= 15 is 0 Å². The maximum Gasteiger partial charge on any atom is 0.410 e. The van der Waals surface area contributed by atoms with Gasteiger partial charge in [0.2, 0.25) is 0 Å². The zero-order valence-electron chi connectivity index (χ0n) is 13.0. The van der Waals surface area contributed by atoms with E-state index in [1.807, 2.05) is 20.8 Å². The van der Waals surface area contributed by atoms with Crippen molar-refractivity contribution >= 4 is 18.0 Å². The van der Waals surface area contributed by atoms with E-state index in [1.54, 1.807) is 6.07 Å². The summed E-state index contributed by atoms with van der Waals surface area (Å²) in [6, 6.07) is 1.68. The Balaban J connectivity index is 1.86. The molecule has 0 spiro atoms. The van der Waals surface area contributed by atoms with Crippen LogP contribution in [0, 0.1) is 0 Å². The molecule has 0 radical (unpaired) electrons. The summed E-state index contributed by atoms with van der Waals surface area (Å²) < 4.78 is 5.42. The first-order chi connectivity index (χ1) is 10.2. The van der Waals surface area contributed by atoms with Gasteiger partial charge < -0.3 is 15.2 Å². The molecule has 0 unspecified atom stereocenters. The number of carboxylic acid groups (broad SMARTS) is 1. The number of aromatic nitrogens is 2. The molecule has 0 aromatic carbocycles. The van der Waals surface area contributed by atoms with Gasteiger partial charge in [-0.15, -0.1) is 0 Å². The van der Waals surface area contributed by atoms with Crippen LogP contribution in [0.15, 0.2) is 6.07 Å². The first-order valence-corrected chi connectivity index (χ1v) is 7.27.